The molecular weight excluding hydrogens is 364 g/mol. The van der Waals surface area contributed by atoms with Crippen LogP contribution in [0.2, 0.25) is 0 Å². The van der Waals surface area contributed by atoms with E-state index in [1.54, 1.807) is 0 Å². The molecule has 3 aromatic rings. The molecule has 28 heavy (non-hydrogen) atoms. The highest BCUT2D eigenvalue weighted by Gasteiger charge is 2.25. The van der Waals surface area contributed by atoms with E-state index in [2.05, 4.69) is 65.9 Å². The smallest absolute Gasteiger partial charge is 0.160 e. The first-order valence-electron chi connectivity index (χ1n) is 10.4. The zero-order valence-electron chi connectivity index (χ0n) is 17.0. The molecular formula is C23H28N4S. The van der Waals surface area contributed by atoms with Crippen LogP contribution in [0.3, 0.4) is 0 Å². The summed E-state index contributed by atoms with van der Waals surface area (Å²) in [7, 11) is 0. The van der Waals surface area contributed by atoms with Crippen molar-refractivity contribution in [1.82, 2.24) is 14.8 Å². The Morgan fingerprint density at radius 2 is 1.89 bits per heavy atom. The zero-order chi connectivity index (χ0) is 19.5. The van der Waals surface area contributed by atoms with Gasteiger partial charge in [-0.25, -0.2) is 0 Å². The molecule has 0 spiro atoms. The fourth-order valence-corrected chi connectivity index (χ4v) is 5.08. The molecule has 0 atom stereocenters. The lowest BCUT2D eigenvalue weighted by molar-refractivity contribution is 0.670. The van der Waals surface area contributed by atoms with Gasteiger partial charge in [0.15, 0.2) is 5.82 Å². The number of thiophene rings is 1. The number of fused-ring (bicyclic) bond motifs is 3. The molecule has 0 unspecified atom stereocenters. The molecule has 0 amide bonds. The number of aryl methyl sites for hydroxylation is 3. The minimum Gasteiger partial charge on any atom is -0.276 e. The van der Waals surface area contributed by atoms with Crippen molar-refractivity contribution in [2.45, 2.75) is 65.8 Å². The summed E-state index contributed by atoms with van der Waals surface area (Å²) in [4.78, 5) is 6.44. The minimum atomic E-state index is 0.573. The highest BCUT2D eigenvalue weighted by Crippen LogP contribution is 2.34. The second kappa shape index (κ2) is 8.39. The summed E-state index contributed by atoms with van der Waals surface area (Å²) in [6.07, 6.45) is 7.15. The van der Waals surface area contributed by atoms with Crippen molar-refractivity contribution in [1.29, 1.82) is 0 Å². The molecule has 146 valence electrons. The van der Waals surface area contributed by atoms with Gasteiger partial charge in [0.25, 0.3) is 0 Å². The highest BCUT2D eigenvalue weighted by atomic mass is 32.1. The van der Waals surface area contributed by atoms with Crippen LogP contribution in [0.25, 0.3) is 5.00 Å². The van der Waals surface area contributed by atoms with Gasteiger partial charge in [0, 0.05) is 22.4 Å². The van der Waals surface area contributed by atoms with Crippen LogP contribution in [0.5, 0.6) is 0 Å². The summed E-state index contributed by atoms with van der Waals surface area (Å²) in [5.41, 5.74) is 4.81. The first-order valence-corrected chi connectivity index (χ1v) is 11.2. The first kappa shape index (κ1) is 19.1. The number of rotatable bonds is 7. The van der Waals surface area contributed by atoms with Gasteiger partial charge in [-0.15, -0.1) is 21.5 Å². The fourth-order valence-electron chi connectivity index (χ4n) is 3.84. The van der Waals surface area contributed by atoms with Crippen LogP contribution in [0.1, 0.15) is 72.7 Å². The summed E-state index contributed by atoms with van der Waals surface area (Å²) in [6.45, 7) is 7.14. The molecule has 0 radical (unpaired) electrons. The molecule has 3 heterocycles. The molecule has 0 saturated heterocycles. The van der Waals surface area contributed by atoms with Gasteiger partial charge >= 0.3 is 0 Å². The molecule has 4 rings (SSSR count). The van der Waals surface area contributed by atoms with Gasteiger partial charge in [-0.05, 0) is 31.4 Å². The third-order valence-electron chi connectivity index (χ3n) is 5.39. The molecule has 1 aliphatic rings. The van der Waals surface area contributed by atoms with Crippen molar-refractivity contribution in [3.8, 4) is 5.00 Å². The van der Waals surface area contributed by atoms with Crippen LogP contribution in [-0.2, 0) is 19.4 Å². The van der Waals surface area contributed by atoms with Gasteiger partial charge in [-0.1, -0.05) is 57.4 Å². The van der Waals surface area contributed by atoms with Crippen LogP contribution in [0, 0.1) is 6.92 Å². The Labute approximate surface area is 171 Å². The number of aromatic nitrogens is 3. The van der Waals surface area contributed by atoms with Gasteiger partial charge in [-0.2, -0.15) is 0 Å². The van der Waals surface area contributed by atoms with Crippen molar-refractivity contribution in [2.24, 2.45) is 4.99 Å². The summed E-state index contributed by atoms with van der Waals surface area (Å²) < 4.78 is 2.25. The Hall–Kier alpha value is -2.27. The van der Waals surface area contributed by atoms with Crippen LogP contribution in [0.4, 0.5) is 0 Å². The first-order chi connectivity index (χ1) is 13.7. The lowest BCUT2D eigenvalue weighted by Crippen LogP contribution is -2.07. The van der Waals surface area contributed by atoms with Crippen molar-refractivity contribution < 1.29 is 0 Å². The predicted octanol–water partition coefficient (Wildman–Crippen LogP) is 5.67. The molecule has 4 nitrogen and oxygen atoms in total. The number of benzene rings is 1. The third-order valence-corrected chi connectivity index (χ3v) is 6.57. The van der Waals surface area contributed by atoms with Gasteiger partial charge in [0.1, 0.15) is 17.4 Å². The second-order valence-electron chi connectivity index (χ2n) is 7.44. The summed E-state index contributed by atoms with van der Waals surface area (Å²) >= 11 is 1.89. The molecule has 0 bridgehead atoms. The van der Waals surface area contributed by atoms with Gasteiger partial charge in [-0.3, -0.25) is 9.56 Å². The van der Waals surface area contributed by atoms with Crippen LogP contribution >= 0.6 is 11.3 Å². The lowest BCUT2D eigenvalue weighted by atomic mass is 9.99. The Kier molecular flexibility index (Phi) is 5.72. The minimum absolute atomic E-state index is 0.573. The Bertz CT molecular complexity index is 996. The average molecular weight is 393 g/mol. The SMILES string of the molecule is CCCCCCc1cc2c(s1)-n1c(CC)nnc1CN=C2c1ccccc1C. The predicted molar refractivity (Wildman–Crippen MR) is 117 cm³/mol. The molecule has 1 aromatic carbocycles. The van der Waals surface area contributed by atoms with Crippen LogP contribution < -0.4 is 0 Å². The van der Waals surface area contributed by atoms with Crippen molar-refractivity contribution in [2.75, 3.05) is 0 Å². The van der Waals surface area contributed by atoms with E-state index in [0.29, 0.717) is 6.54 Å². The van der Waals surface area contributed by atoms with E-state index in [1.165, 1.54) is 52.3 Å². The molecule has 0 N–H and O–H groups in total. The van der Waals surface area contributed by atoms with Gasteiger partial charge < -0.3 is 0 Å². The number of hydrogen-bond donors (Lipinski definition) is 0. The maximum absolute atomic E-state index is 5.01. The monoisotopic (exact) mass is 392 g/mol. The fraction of sp³-hybridized carbons (Fsp3) is 0.435. The second-order valence-corrected chi connectivity index (χ2v) is 8.56. The standard InChI is InChI=1S/C23H28N4S/c1-4-6-7-8-12-17-14-19-22(18-13-10-9-11-16(18)3)24-15-21-26-25-20(5-2)27(21)23(19)28-17/h9-11,13-14H,4-8,12,15H2,1-3H3. The average Bonchev–Trinajstić information content (AvgIpc) is 3.27. The van der Waals surface area contributed by atoms with E-state index in [4.69, 9.17) is 4.99 Å². The molecule has 0 saturated carbocycles. The number of unbranched alkanes of at least 4 members (excludes halogenated alkanes) is 3. The van der Waals surface area contributed by atoms with Gasteiger partial charge in [0.2, 0.25) is 0 Å². The Morgan fingerprint density at radius 1 is 1.04 bits per heavy atom. The molecule has 0 fully saturated rings. The maximum atomic E-state index is 5.01. The summed E-state index contributed by atoms with van der Waals surface area (Å²) in [5, 5.41) is 10.1. The van der Waals surface area contributed by atoms with Crippen molar-refractivity contribution >= 4 is 17.0 Å². The summed E-state index contributed by atoms with van der Waals surface area (Å²) in [6, 6.07) is 10.9. The number of nitrogens with zero attached hydrogens (tertiary/aromatic N) is 4. The third kappa shape index (κ3) is 3.55. The van der Waals surface area contributed by atoms with E-state index in [0.717, 1.165) is 30.2 Å². The largest absolute Gasteiger partial charge is 0.276 e. The van der Waals surface area contributed by atoms with Crippen LogP contribution in [0.15, 0.2) is 35.3 Å². The van der Waals surface area contributed by atoms with E-state index < -0.39 is 0 Å². The van der Waals surface area contributed by atoms with Crippen LogP contribution in [-0.4, -0.2) is 20.5 Å². The van der Waals surface area contributed by atoms with E-state index in [1.807, 2.05) is 11.3 Å². The highest BCUT2D eigenvalue weighted by molar-refractivity contribution is 7.15. The molecule has 5 heteroatoms. The Morgan fingerprint density at radius 3 is 2.68 bits per heavy atom. The zero-order valence-corrected chi connectivity index (χ0v) is 17.9. The number of aliphatic imine (C=N–C) groups is 1. The summed E-state index contributed by atoms with van der Waals surface area (Å²) in [5.74, 6) is 1.97. The molecule has 0 aliphatic carbocycles. The van der Waals surface area contributed by atoms with E-state index >= 15 is 0 Å². The topological polar surface area (TPSA) is 43.1 Å². The number of hydrogen-bond acceptors (Lipinski definition) is 4. The van der Waals surface area contributed by atoms with Crippen molar-refractivity contribution in [3.63, 3.8) is 0 Å². The quantitative estimate of drug-likeness (QED) is 0.486. The van der Waals surface area contributed by atoms with E-state index in [-0.39, 0.29) is 0 Å². The van der Waals surface area contributed by atoms with Crippen molar-refractivity contribution in [3.05, 3.63) is 63.5 Å². The molecule has 2 aromatic heterocycles. The van der Waals surface area contributed by atoms with Gasteiger partial charge in [0.05, 0.1) is 5.71 Å². The molecule has 1 aliphatic heterocycles. The normalized spacial score (nSPS) is 13.0. The lowest BCUT2D eigenvalue weighted by Gasteiger charge is -2.10. The maximum Gasteiger partial charge on any atom is 0.160 e. The van der Waals surface area contributed by atoms with E-state index in [9.17, 15) is 0 Å². The Balaban J connectivity index is 1.79.